The van der Waals surface area contributed by atoms with Crippen LogP contribution in [0.15, 0.2) is 0 Å². The smallest absolute Gasteiger partial charge is 0.374 e. The second-order valence-electron chi connectivity index (χ2n) is 10.9. The van der Waals surface area contributed by atoms with E-state index in [4.69, 9.17) is 4.98 Å². The molecule has 7 nitrogen and oxygen atoms in total. The van der Waals surface area contributed by atoms with Gasteiger partial charge in [-0.2, -0.15) is 0 Å². The summed E-state index contributed by atoms with van der Waals surface area (Å²) < 4.78 is 2.30. The molecule has 2 heterocycles. The number of rotatable bonds is 7. The number of aromatic nitrogens is 4. The van der Waals surface area contributed by atoms with Gasteiger partial charge in [0.25, 0.3) is 0 Å². The van der Waals surface area contributed by atoms with Crippen molar-refractivity contribution in [3.8, 4) is 0 Å². The van der Waals surface area contributed by atoms with Crippen LogP contribution in [0.3, 0.4) is 0 Å². The molecule has 2 fully saturated rings. The molecule has 2 N–H and O–H groups in total. The molecular weight excluding hydrogens is 390 g/mol. The van der Waals surface area contributed by atoms with Gasteiger partial charge >= 0.3 is 5.97 Å². The van der Waals surface area contributed by atoms with Gasteiger partial charge in [0.2, 0.25) is 5.82 Å². The Labute approximate surface area is 185 Å². The average Bonchev–Trinajstić information content (AvgIpc) is 2.96. The number of nitrogens with zero attached hydrogens (tertiary/aromatic N) is 4. The second kappa shape index (κ2) is 8.75. The fraction of sp³-hybridized carbons (Fsp3) is 0.750. The van der Waals surface area contributed by atoms with E-state index in [2.05, 4.69) is 47.5 Å². The zero-order valence-electron chi connectivity index (χ0n) is 19.4. The molecule has 0 radical (unpaired) electrons. The molecule has 0 amide bonds. The van der Waals surface area contributed by atoms with Gasteiger partial charge in [0.15, 0.2) is 11.5 Å². The first-order chi connectivity index (χ1) is 14.7. The number of imidazole rings is 1. The lowest BCUT2D eigenvalue weighted by atomic mass is 9.80. The SMILES string of the molecule is CC(Nc1nc(C(=O)O)nc2nc(CC(C)(C)C)n(CC3CCCCC3)c12)C1CCC1. The van der Waals surface area contributed by atoms with Crippen molar-refractivity contribution >= 4 is 23.0 Å². The van der Waals surface area contributed by atoms with E-state index in [1.54, 1.807) is 0 Å². The maximum atomic E-state index is 11.7. The van der Waals surface area contributed by atoms with Crippen molar-refractivity contribution in [2.75, 3.05) is 5.32 Å². The topological polar surface area (TPSA) is 92.9 Å². The highest BCUT2D eigenvalue weighted by Crippen LogP contribution is 2.34. The van der Waals surface area contributed by atoms with Crippen LogP contribution >= 0.6 is 0 Å². The highest BCUT2D eigenvalue weighted by molar-refractivity contribution is 5.90. The molecule has 2 aliphatic carbocycles. The molecule has 170 valence electrons. The fourth-order valence-electron chi connectivity index (χ4n) is 4.98. The van der Waals surface area contributed by atoms with Crippen molar-refractivity contribution in [2.45, 2.75) is 98.1 Å². The Morgan fingerprint density at radius 2 is 1.81 bits per heavy atom. The zero-order chi connectivity index (χ0) is 22.2. The third kappa shape index (κ3) is 5.01. The molecule has 0 aliphatic heterocycles. The lowest BCUT2D eigenvalue weighted by Crippen LogP contribution is -2.31. The minimum Gasteiger partial charge on any atom is -0.475 e. The van der Waals surface area contributed by atoms with Gasteiger partial charge in [-0.1, -0.05) is 46.5 Å². The van der Waals surface area contributed by atoms with Gasteiger partial charge in [0.1, 0.15) is 11.3 Å². The summed E-state index contributed by atoms with van der Waals surface area (Å²) in [6.45, 7) is 9.72. The molecule has 31 heavy (non-hydrogen) atoms. The molecule has 7 heteroatoms. The summed E-state index contributed by atoms with van der Waals surface area (Å²) in [6, 6.07) is 0.248. The number of aromatic carboxylic acids is 1. The minimum atomic E-state index is -1.11. The van der Waals surface area contributed by atoms with Crippen molar-refractivity contribution in [3.05, 3.63) is 11.6 Å². The third-order valence-electron chi connectivity index (χ3n) is 6.95. The number of carboxylic acid groups (broad SMARTS) is 1. The number of hydrogen-bond donors (Lipinski definition) is 2. The monoisotopic (exact) mass is 427 g/mol. The lowest BCUT2D eigenvalue weighted by molar-refractivity contribution is 0.0684. The summed E-state index contributed by atoms with van der Waals surface area (Å²) in [5, 5.41) is 13.2. The van der Waals surface area contributed by atoms with E-state index in [1.165, 1.54) is 51.4 Å². The molecule has 2 aromatic heterocycles. The van der Waals surface area contributed by atoms with Crippen molar-refractivity contribution in [1.29, 1.82) is 0 Å². The van der Waals surface area contributed by atoms with Crippen molar-refractivity contribution < 1.29 is 9.90 Å². The number of anilines is 1. The van der Waals surface area contributed by atoms with Crippen molar-refractivity contribution in [1.82, 2.24) is 19.5 Å². The van der Waals surface area contributed by atoms with E-state index in [0.717, 1.165) is 24.3 Å². The molecular formula is C24H37N5O2. The first-order valence-corrected chi connectivity index (χ1v) is 12.0. The number of carboxylic acids is 1. The Hall–Kier alpha value is -2.18. The Morgan fingerprint density at radius 3 is 2.39 bits per heavy atom. The molecule has 4 rings (SSSR count). The van der Waals surface area contributed by atoms with Crippen LogP contribution in [0.1, 0.15) is 95.5 Å². The summed E-state index contributed by atoms with van der Waals surface area (Å²) >= 11 is 0. The molecule has 2 aliphatic rings. The van der Waals surface area contributed by atoms with Crippen LogP contribution in [0.25, 0.3) is 11.2 Å². The largest absolute Gasteiger partial charge is 0.475 e. The Bertz CT molecular complexity index is 936. The van der Waals surface area contributed by atoms with Gasteiger partial charge in [-0.15, -0.1) is 0 Å². The molecule has 2 aromatic rings. The Kier molecular flexibility index (Phi) is 6.22. The predicted octanol–water partition coefficient (Wildman–Crippen LogP) is 5.29. The molecule has 1 atom stereocenters. The van der Waals surface area contributed by atoms with Gasteiger partial charge in [0, 0.05) is 19.0 Å². The summed E-state index contributed by atoms with van der Waals surface area (Å²) in [5.74, 6) is 1.57. The minimum absolute atomic E-state index is 0.0710. The first-order valence-electron chi connectivity index (χ1n) is 12.0. The highest BCUT2D eigenvalue weighted by Gasteiger charge is 2.28. The predicted molar refractivity (Wildman–Crippen MR) is 122 cm³/mol. The Morgan fingerprint density at radius 1 is 1.10 bits per heavy atom. The number of nitrogens with one attached hydrogen (secondary N) is 1. The number of hydrogen-bond acceptors (Lipinski definition) is 5. The van der Waals surface area contributed by atoms with Crippen LogP contribution in [-0.2, 0) is 13.0 Å². The van der Waals surface area contributed by atoms with E-state index < -0.39 is 5.97 Å². The van der Waals surface area contributed by atoms with E-state index in [1.807, 2.05) is 0 Å². The third-order valence-corrected chi connectivity index (χ3v) is 6.95. The van der Waals surface area contributed by atoms with Crippen LogP contribution in [0, 0.1) is 17.3 Å². The van der Waals surface area contributed by atoms with Crippen LogP contribution in [0.4, 0.5) is 5.82 Å². The molecule has 0 aromatic carbocycles. The summed E-state index contributed by atoms with van der Waals surface area (Å²) in [4.78, 5) is 25.4. The molecule has 2 saturated carbocycles. The van der Waals surface area contributed by atoms with Crippen LogP contribution < -0.4 is 5.32 Å². The zero-order valence-corrected chi connectivity index (χ0v) is 19.4. The van der Waals surface area contributed by atoms with E-state index in [0.29, 0.717) is 23.3 Å². The van der Waals surface area contributed by atoms with Crippen LogP contribution in [-0.4, -0.2) is 36.6 Å². The number of carbonyl (C=O) groups is 1. The molecule has 0 saturated heterocycles. The highest BCUT2D eigenvalue weighted by atomic mass is 16.4. The van der Waals surface area contributed by atoms with E-state index in [9.17, 15) is 9.90 Å². The van der Waals surface area contributed by atoms with Gasteiger partial charge in [-0.05, 0) is 49.9 Å². The normalized spacial score (nSPS) is 19.4. The molecule has 1 unspecified atom stereocenters. The van der Waals surface area contributed by atoms with E-state index in [-0.39, 0.29) is 17.3 Å². The summed E-state index contributed by atoms with van der Waals surface area (Å²) in [5.41, 5.74) is 1.45. The van der Waals surface area contributed by atoms with Crippen LogP contribution in [0.5, 0.6) is 0 Å². The molecule has 0 spiro atoms. The van der Waals surface area contributed by atoms with E-state index >= 15 is 0 Å². The van der Waals surface area contributed by atoms with Crippen molar-refractivity contribution in [3.63, 3.8) is 0 Å². The first kappa shape index (κ1) is 22.0. The second-order valence-corrected chi connectivity index (χ2v) is 10.9. The summed E-state index contributed by atoms with van der Waals surface area (Å²) in [7, 11) is 0. The average molecular weight is 428 g/mol. The standard InChI is InChI=1S/C24H37N5O2/c1-15(17-11-8-12-17)25-20-19-21(28-22(27-20)23(30)31)26-18(13-24(2,3)4)29(19)14-16-9-6-5-7-10-16/h15-17H,5-14H2,1-4H3,(H,30,31)(H,25,27,28). The van der Waals surface area contributed by atoms with Crippen molar-refractivity contribution in [2.24, 2.45) is 17.3 Å². The summed E-state index contributed by atoms with van der Waals surface area (Å²) in [6.07, 6.45) is 10.9. The van der Waals surface area contributed by atoms with Crippen LogP contribution in [0.2, 0.25) is 0 Å². The molecule has 0 bridgehead atoms. The van der Waals surface area contributed by atoms with Gasteiger partial charge in [-0.3, -0.25) is 0 Å². The maximum absolute atomic E-state index is 11.7. The lowest BCUT2D eigenvalue weighted by Gasteiger charge is -2.32. The maximum Gasteiger partial charge on any atom is 0.374 e. The van der Waals surface area contributed by atoms with Gasteiger partial charge in [-0.25, -0.2) is 19.7 Å². The Balaban J connectivity index is 1.80. The quantitative estimate of drug-likeness (QED) is 0.623. The number of fused-ring (bicyclic) bond motifs is 1. The fourth-order valence-corrected chi connectivity index (χ4v) is 4.98. The van der Waals surface area contributed by atoms with Gasteiger partial charge in [0.05, 0.1) is 0 Å². The van der Waals surface area contributed by atoms with Gasteiger partial charge < -0.3 is 15.0 Å².